The minimum Gasteiger partial charge on any atom is -0.381 e. The van der Waals surface area contributed by atoms with Gasteiger partial charge in [0.1, 0.15) is 0 Å². The van der Waals surface area contributed by atoms with Gasteiger partial charge in [-0.25, -0.2) is 0 Å². The minimum atomic E-state index is 0.158. The number of likely N-dealkylation sites (N-methyl/N-ethyl adjacent to an activating group) is 1. The monoisotopic (exact) mass is 279 g/mol. The normalized spacial score (nSPS) is 26.6. The smallest absolute Gasteiger partial charge is 0.228 e. The lowest BCUT2D eigenvalue weighted by molar-refractivity contribution is 0.0773. The quantitative estimate of drug-likeness (QED) is 0.917. The molecule has 2 aliphatic rings. The number of hydrogen-bond donors (Lipinski definition) is 1. The summed E-state index contributed by atoms with van der Waals surface area (Å²) in [5.41, 5.74) is 0.158. The lowest BCUT2D eigenvalue weighted by atomic mass is 9.79. The molecule has 1 saturated carbocycles. The van der Waals surface area contributed by atoms with Crippen molar-refractivity contribution < 1.29 is 9.26 Å². The number of nitrogens with zero attached hydrogens (tertiary/aromatic N) is 2. The predicted octanol–water partition coefficient (Wildman–Crippen LogP) is 2.43. The van der Waals surface area contributed by atoms with Crippen LogP contribution in [0.3, 0.4) is 0 Å². The van der Waals surface area contributed by atoms with Gasteiger partial charge in [-0.1, -0.05) is 24.4 Å². The summed E-state index contributed by atoms with van der Waals surface area (Å²) in [6.07, 6.45) is 9.38. The van der Waals surface area contributed by atoms with E-state index in [1.165, 1.54) is 32.1 Å². The Hall–Kier alpha value is -0.940. The molecule has 0 amide bonds. The van der Waals surface area contributed by atoms with Gasteiger partial charge in [-0.05, 0) is 32.7 Å². The van der Waals surface area contributed by atoms with Gasteiger partial charge in [0.15, 0.2) is 5.82 Å². The van der Waals surface area contributed by atoms with E-state index in [1.54, 1.807) is 0 Å². The second kappa shape index (κ2) is 6.22. The van der Waals surface area contributed by atoms with Gasteiger partial charge in [0.25, 0.3) is 0 Å². The van der Waals surface area contributed by atoms with Gasteiger partial charge in [0, 0.05) is 24.5 Å². The fourth-order valence-corrected chi connectivity index (χ4v) is 3.48. The zero-order valence-corrected chi connectivity index (χ0v) is 12.4. The summed E-state index contributed by atoms with van der Waals surface area (Å²) in [6, 6.07) is 0. The van der Waals surface area contributed by atoms with Crippen molar-refractivity contribution in [3.8, 4) is 0 Å². The molecule has 0 bridgehead atoms. The molecule has 2 heterocycles. The Kier molecular flexibility index (Phi) is 4.36. The van der Waals surface area contributed by atoms with Gasteiger partial charge in [-0.3, -0.25) is 0 Å². The van der Waals surface area contributed by atoms with Gasteiger partial charge in [0.05, 0.1) is 6.61 Å². The molecule has 1 aromatic rings. The Morgan fingerprint density at radius 1 is 1.25 bits per heavy atom. The van der Waals surface area contributed by atoms with Crippen molar-refractivity contribution in [3.63, 3.8) is 0 Å². The molecule has 3 rings (SSSR count). The SMILES string of the molecule is CNC1(Cc2nc(C3CCCOC3)no2)CCCCC1. The predicted molar refractivity (Wildman–Crippen MR) is 75.7 cm³/mol. The Morgan fingerprint density at radius 2 is 2.10 bits per heavy atom. The largest absolute Gasteiger partial charge is 0.381 e. The average Bonchev–Trinajstić information content (AvgIpc) is 2.97. The number of hydrogen-bond acceptors (Lipinski definition) is 5. The molecule has 20 heavy (non-hydrogen) atoms. The van der Waals surface area contributed by atoms with Crippen LogP contribution in [0.1, 0.15) is 62.6 Å². The first-order chi connectivity index (χ1) is 9.81. The van der Waals surface area contributed by atoms with E-state index >= 15 is 0 Å². The van der Waals surface area contributed by atoms with Crippen LogP contribution >= 0.6 is 0 Å². The summed E-state index contributed by atoms with van der Waals surface area (Å²) in [4.78, 5) is 4.62. The summed E-state index contributed by atoms with van der Waals surface area (Å²) >= 11 is 0. The van der Waals surface area contributed by atoms with E-state index in [9.17, 15) is 0 Å². The molecule has 2 fully saturated rings. The van der Waals surface area contributed by atoms with Gasteiger partial charge in [-0.15, -0.1) is 0 Å². The molecule has 1 aromatic heterocycles. The lowest BCUT2D eigenvalue weighted by Gasteiger charge is -2.36. The molecule has 112 valence electrons. The molecule has 1 aliphatic carbocycles. The first-order valence-corrected chi connectivity index (χ1v) is 7.90. The second-order valence-electron chi connectivity index (χ2n) is 6.23. The molecular weight excluding hydrogens is 254 g/mol. The Balaban J connectivity index is 1.66. The van der Waals surface area contributed by atoms with E-state index in [4.69, 9.17) is 9.26 Å². The Morgan fingerprint density at radius 3 is 2.80 bits per heavy atom. The van der Waals surface area contributed by atoms with Crippen molar-refractivity contribution in [1.82, 2.24) is 15.5 Å². The topological polar surface area (TPSA) is 60.2 Å². The molecule has 1 atom stereocenters. The highest BCUT2D eigenvalue weighted by Crippen LogP contribution is 2.31. The third kappa shape index (κ3) is 3.04. The number of aromatic nitrogens is 2. The van der Waals surface area contributed by atoms with Crippen LogP contribution in [0, 0.1) is 0 Å². The van der Waals surface area contributed by atoms with Gasteiger partial charge in [-0.2, -0.15) is 4.98 Å². The van der Waals surface area contributed by atoms with E-state index in [0.717, 1.165) is 44.2 Å². The fourth-order valence-electron chi connectivity index (χ4n) is 3.48. The maximum Gasteiger partial charge on any atom is 0.228 e. The van der Waals surface area contributed by atoms with Crippen LogP contribution in [0.15, 0.2) is 4.52 Å². The molecular formula is C15H25N3O2. The summed E-state index contributed by atoms with van der Waals surface area (Å²) in [6.45, 7) is 1.60. The molecule has 0 spiro atoms. The number of nitrogens with one attached hydrogen (secondary N) is 1. The lowest BCUT2D eigenvalue weighted by Crippen LogP contribution is -2.46. The molecule has 1 unspecified atom stereocenters. The average molecular weight is 279 g/mol. The zero-order chi connectivity index (χ0) is 13.8. The minimum absolute atomic E-state index is 0.158. The van der Waals surface area contributed by atoms with Crippen LogP contribution in [-0.4, -0.2) is 35.9 Å². The van der Waals surface area contributed by atoms with E-state index in [-0.39, 0.29) is 5.54 Å². The van der Waals surface area contributed by atoms with Crippen LogP contribution in [0.2, 0.25) is 0 Å². The van der Waals surface area contributed by atoms with Crippen molar-refractivity contribution in [3.05, 3.63) is 11.7 Å². The molecule has 1 saturated heterocycles. The molecule has 5 nitrogen and oxygen atoms in total. The highest BCUT2D eigenvalue weighted by Gasteiger charge is 2.33. The number of rotatable bonds is 4. The maximum absolute atomic E-state index is 5.50. The van der Waals surface area contributed by atoms with Crippen molar-refractivity contribution in [2.45, 2.75) is 62.8 Å². The van der Waals surface area contributed by atoms with Crippen molar-refractivity contribution >= 4 is 0 Å². The highest BCUT2D eigenvalue weighted by atomic mass is 16.5. The van der Waals surface area contributed by atoms with Gasteiger partial charge in [0.2, 0.25) is 5.89 Å². The standard InChI is InChI=1S/C15H25N3O2/c1-16-15(7-3-2-4-8-15)10-13-17-14(18-20-13)12-6-5-9-19-11-12/h12,16H,2-11H2,1H3. The Labute approximate surface area is 120 Å². The molecule has 1 aliphatic heterocycles. The van der Waals surface area contributed by atoms with Crippen molar-refractivity contribution in [2.75, 3.05) is 20.3 Å². The summed E-state index contributed by atoms with van der Waals surface area (Å²) in [5.74, 6) is 1.93. The van der Waals surface area contributed by atoms with Crippen LogP contribution < -0.4 is 5.32 Å². The van der Waals surface area contributed by atoms with E-state index < -0.39 is 0 Å². The molecule has 0 radical (unpaired) electrons. The maximum atomic E-state index is 5.50. The van der Waals surface area contributed by atoms with Crippen LogP contribution in [-0.2, 0) is 11.2 Å². The first-order valence-electron chi connectivity index (χ1n) is 7.90. The van der Waals surface area contributed by atoms with Gasteiger partial charge >= 0.3 is 0 Å². The summed E-state index contributed by atoms with van der Waals surface area (Å²) in [7, 11) is 2.05. The third-order valence-corrected chi connectivity index (χ3v) is 4.84. The molecule has 0 aromatic carbocycles. The third-order valence-electron chi connectivity index (χ3n) is 4.84. The zero-order valence-electron chi connectivity index (χ0n) is 12.4. The van der Waals surface area contributed by atoms with Crippen molar-refractivity contribution in [1.29, 1.82) is 0 Å². The Bertz CT molecular complexity index is 421. The molecule has 1 N–H and O–H groups in total. The fraction of sp³-hybridized carbons (Fsp3) is 0.867. The summed E-state index contributed by atoms with van der Waals surface area (Å²) < 4.78 is 11.0. The number of ether oxygens (including phenoxy) is 1. The van der Waals surface area contributed by atoms with E-state index in [2.05, 4.69) is 22.5 Å². The second-order valence-corrected chi connectivity index (χ2v) is 6.23. The van der Waals surface area contributed by atoms with Crippen LogP contribution in [0.25, 0.3) is 0 Å². The molecule has 5 heteroatoms. The first kappa shape index (κ1) is 14.0. The van der Waals surface area contributed by atoms with Crippen LogP contribution in [0.5, 0.6) is 0 Å². The van der Waals surface area contributed by atoms with Crippen LogP contribution in [0.4, 0.5) is 0 Å². The van der Waals surface area contributed by atoms with E-state index in [0.29, 0.717) is 5.92 Å². The highest BCUT2D eigenvalue weighted by molar-refractivity contribution is 5.02. The van der Waals surface area contributed by atoms with Crippen molar-refractivity contribution in [2.24, 2.45) is 0 Å². The summed E-state index contributed by atoms with van der Waals surface area (Å²) in [5, 5.41) is 7.68. The van der Waals surface area contributed by atoms with E-state index in [1.807, 2.05) is 0 Å². The van der Waals surface area contributed by atoms with Gasteiger partial charge < -0.3 is 14.6 Å².